The second kappa shape index (κ2) is 9.74. The molecule has 0 saturated heterocycles. The number of aliphatic hydroxyl groups is 1. The molecular weight excluding hydrogens is 328 g/mol. The number of nitrogens with one attached hydrogen (secondary N) is 1. The van der Waals surface area contributed by atoms with E-state index in [1.807, 2.05) is 24.3 Å². The fraction of sp³-hybridized carbons (Fsp3) is 0.571. The van der Waals surface area contributed by atoms with Gasteiger partial charge in [0.2, 0.25) is 5.91 Å². The van der Waals surface area contributed by atoms with Crippen LogP contribution in [0, 0.1) is 0 Å². The fourth-order valence-corrected chi connectivity index (χ4v) is 3.70. The molecule has 0 saturated carbocycles. The van der Waals surface area contributed by atoms with Crippen LogP contribution in [-0.4, -0.2) is 54.8 Å². The van der Waals surface area contributed by atoms with Crippen LogP contribution in [0.15, 0.2) is 29.8 Å². The molecule has 0 radical (unpaired) electrons. The first kappa shape index (κ1) is 20.5. The van der Waals surface area contributed by atoms with Crippen molar-refractivity contribution in [3.05, 3.63) is 35.4 Å². The van der Waals surface area contributed by atoms with Gasteiger partial charge in [-0.25, -0.2) is 0 Å². The number of hydrogen-bond donors (Lipinski definition) is 2. The molecule has 1 amide bonds. The van der Waals surface area contributed by atoms with Crippen LogP contribution < -0.4 is 10.1 Å². The molecule has 1 atom stereocenters. The number of carbonyl (C=O) groups excluding carboxylic acids is 1. The first-order valence-corrected chi connectivity index (χ1v) is 9.49. The highest BCUT2D eigenvalue weighted by Crippen LogP contribution is 2.30. The number of amides is 1. The van der Waals surface area contributed by atoms with Crippen molar-refractivity contribution in [1.29, 1.82) is 0 Å². The van der Waals surface area contributed by atoms with Crippen molar-refractivity contribution in [1.82, 2.24) is 10.2 Å². The number of carbonyl (C=O) groups is 1. The predicted octanol–water partition coefficient (Wildman–Crippen LogP) is 2.84. The van der Waals surface area contributed by atoms with E-state index in [4.69, 9.17) is 4.74 Å². The Balaban J connectivity index is 2.35. The molecule has 5 heteroatoms. The normalized spacial score (nSPS) is 16.7. The van der Waals surface area contributed by atoms with E-state index in [2.05, 4.69) is 31.0 Å². The molecule has 0 spiro atoms. The molecule has 2 N–H and O–H groups in total. The third-order valence-electron chi connectivity index (χ3n) is 5.05. The number of aliphatic hydroxyl groups excluding tert-OH is 1. The number of hydrogen-bond acceptors (Lipinski definition) is 4. The van der Waals surface area contributed by atoms with Gasteiger partial charge < -0.3 is 15.2 Å². The van der Waals surface area contributed by atoms with Gasteiger partial charge in [0, 0.05) is 30.7 Å². The number of rotatable bonds is 8. The summed E-state index contributed by atoms with van der Waals surface area (Å²) >= 11 is 0. The molecule has 2 rings (SSSR count). The number of benzene rings is 1. The lowest BCUT2D eigenvalue weighted by Crippen LogP contribution is -2.41. The summed E-state index contributed by atoms with van der Waals surface area (Å²) in [5.74, 6) is 0.851. The molecule has 26 heavy (non-hydrogen) atoms. The van der Waals surface area contributed by atoms with Crippen molar-refractivity contribution in [3.8, 4) is 5.75 Å². The number of methoxy groups -OCH3 is 1. The van der Waals surface area contributed by atoms with Crippen LogP contribution in [0.3, 0.4) is 0 Å². The maximum absolute atomic E-state index is 12.7. The van der Waals surface area contributed by atoms with Crippen LogP contribution in [0.1, 0.15) is 45.6 Å². The Bertz CT molecular complexity index is 623. The topological polar surface area (TPSA) is 61.8 Å². The Labute approximate surface area is 157 Å². The highest BCUT2D eigenvalue weighted by atomic mass is 16.5. The first-order valence-electron chi connectivity index (χ1n) is 9.49. The van der Waals surface area contributed by atoms with Gasteiger partial charge in [-0.1, -0.05) is 12.1 Å². The number of ether oxygens (including phenoxy) is 1. The average Bonchev–Trinajstić information content (AvgIpc) is 2.81. The molecule has 1 unspecified atom stereocenters. The highest BCUT2D eigenvalue weighted by molar-refractivity contribution is 6.01. The van der Waals surface area contributed by atoms with E-state index in [0.717, 1.165) is 35.3 Å². The summed E-state index contributed by atoms with van der Waals surface area (Å²) in [5.41, 5.74) is 3.08. The van der Waals surface area contributed by atoms with Crippen molar-refractivity contribution in [2.75, 3.05) is 26.8 Å². The lowest BCUT2D eigenvalue weighted by molar-refractivity contribution is -0.117. The zero-order valence-electron chi connectivity index (χ0n) is 16.4. The van der Waals surface area contributed by atoms with Gasteiger partial charge in [0.1, 0.15) is 5.75 Å². The molecule has 0 aliphatic carbocycles. The molecule has 1 aliphatic rings. The summed E-state index contributed by atoms with van der Waals surface area (Å²) in [4.78, 5) is 15.0. The molecule has 0 aromatic heterocycles. The zero-order chi connectivity index (χ0) is 19.1. The Kier molecular flexibility index (Phi) is 7.66. The van der Waals surface area contributed by atoms with Crippen molar-refractivity contribution < 1.29 is 14.6 Å². The quantitative estimate of drug-likeness (QED) is 0.748. The van der Waals surface area contributed by atoms with Crippen LogP contribution in [0.5, 0.6) is 5.75 Å². The highest BCUT2D eigenvalue weighted by Gasteiger charge is 2.25. The molecule has 1 aliphatic heterocycles. The van der Waals surface area contributed by atoms with Crippen molar-refractivity contribution in [2.24, 2.45) is 0 Å². The van der Waals surface area contributed by atoms with Gasteiger partial charge in [-0.15, -0.1) is 0 Å². The molecule has 1 aromatic carbocycles. The fourth-order valence-electron chi connectivity index (χ4n) is 3.70. The zero-order valence-corrected chi connectivity index (χ0v) is 16.4. The van der Waals surface area contributed by atoms with Gasteiger partial charge >= 0.3 is 0 Å². The third-order valence-corrected chi connectivity index (χ3v) is 5.05. The average molecular weight is 360 g/mol. The standard InChI is InChI=1S/C21H32N2O3/c1-15(2)23(12-13-24)16(3)14-20-19(6-5-11-22-21(20)25)17-7-9-18(26-4)10-8-17/h7-10,15-16,24H,5-6,11-14H2,1-4H3,(H,22,25). The summed E-state index contributed by atoms with van der Waals surface area (Å²) in [6.45, 7) is 7.83. The third kappa shape index (κ3) is 5.08. The second-order valence-corrected chi connectivity index (χ2v) is 7.15. The summed E-state index contributed by atoms with van der Waals surface area (Å²) in [6.07, 6.45) is 2.50. The van der Waals surface area contributed by atoms with E-state index in [1.165, 1.54) is 0 Å². The van der Waals surface area contributed by atoms with Crippen LogP contribution in [-0.2, 0) is 4.79 Å². The number of nitrogens with zero attached hydrogens (tertiary/aromatic N) is 1. The van der Waals surface area contributed by atoms with E-state index in [-0.39, 0.29) is 18.6 Å². The largest absolute Gasteiger partial charge is 0.497 e. The van der Waals surface area contributed by atoms with Gasteiger partial charge in [-0.05, 0) is 63.3 Å². The summed E-state index contributed by atoms with van der Waals surface area (Å²) < 4.78 is 5.25. The maximum Gasteiger partial charge on any atom is 0.247 e. The van der Waals surface area contributed by atoms with E-state index < -0.39 is 0 Å². The van der Waals surface area contributed by atoms with E-state index in [9.17, 15) is 9.90 Å². The van der Waals surface area contributed by atoms with Gasteiger partial charge in [0.15, 0.2) is 0 Å². The Hall–Kier alpha value is -1.85. The van der Waals surface area contributed by atoms with Gasteiger partial charge in [-0.3, -0.25) is 9.69 Å². The van der Waals surface area contributed by atoms with Crippen molar-refractivity contribution >= 4 is 11.5 Å². The molecule has 144 valence electrons. The minimum atomic E-state index is 0.0351. The van der Waals surface area contributed by atoms with Gasteiger partial charge in [0.25, 0.3) is 0 Å². The molecule has 0 fully saturated rings. The Morgan fingerprint density at radius 2 is 1.92 bits per heavy atom. The van der Waals surface area contributed by atoms with Gasteiger partial charge in [-0.2, -0.15) is 0 Å². The second-order valence-electron chi connectivity index (χ2n) is 7.15. The smallest absolute Gasteiger partial charge is 0.247 e. The Morgan fingerprint density at radius 3 is 2.50 bits per heavy atom. The van der Waals surface area contributed by atoms with Crippen LogP contribution in [0.4, 0.5) is 0 Å². The molecule has 1 heterocycles. The SMILES string of the molecule is COc1ccc(C2=C(CC(C)N(CCO)C(C)C)C(=O)NCCC2)cc1. The van der Waals surface area contributed by atoms with Crippen molar-refractivity contribution in [2.45, 2.75) is 52.1 Å². The summed E-state index contributed by atoms with van der Waals surface area (Å²) in [6, 6.07) is 8.44. The minimum absolute atomic E-state index is 0.0351. The molecular formula is C21H32N2O3. The molecule has 1 aromatic rings. The van der Waals surface area contributed by atoms with Crippen LogP contribution in [0.2, 0.25) is 0 Å². The van der Waals surface area contributed by atoms with Crippen LogP contribution >= 0.6 is 0 Å². The van der Waals surface area contributed by atoms with E-state index in [0.29, 0.717) is 25.6 Å². The van der Waals surface area contributed by atoms with Gasteiger partial charge in [0.05, 0.1) is 13.7 Å². The Morgan fingerprint density at radius 1 is 1.23 bits per heavy atom. The lowest BCUT2D eigenvalue weighted by atomic mass is 9.92. The minimum Gasteiger partial charge on any atom is -0.497 e. The van der Waals surface area contributed by atoms with E-state index >= 15 is 0 Å². The summed E-state index contributed by atoms with van der Waals surface area (Å²) in [5, 5.41) is 12.4. The first-order chi connectivity index (χ1) is 12.5. The van der Waals surface area contributed by atoms with Crippen LogP contribution in [0.25, 0.3) is 5.57 Å². The summed E-state index contributed by atoms with van der Waals surface area (Å²) in [7, 11) is 1.65. The lowest BCUT2D eigenvalue weighted by Gasteiger charge is -2.33. The maximum atomic E-state index is 12.7. The molecule has 0 bridgehead atoms. The van der Waals surface area contributed by atoms with E-state index in [1.54, 1.807) is 7.11 Å². The number of allylic oxidation sites excluding steroid dienone is 1. The predicted molar refractivity (Wildman–Crippen MR) is 105 cm³/mol. The monoisotopic (exact) mass is 360 g/mol. The van der Waals surface area contributed by atoms with Crippen molar-refractivity contribution in [3.63, 3.8) is 0 Å². The molecule has 5 nitrogen and oxygen atoms in total.